The molecule has 20 heavy (non-hydrogen) atoms. The Bertz CT molecular complexity index is 632. The number of allylic oxidation sites excluding steroid dienone is 1. The fourth-order valence-corrected chi connectivity index (χ4v) is 1.91. The standard InChI is InChI=1S/C15H15BFN3/c1-4-11-8-12(17)9-13(16)15(11)19-10(2)20(3)14-6-5-7-18-14/h4,6-9H,1,5H2,2-3H3. The van der Waals surface area contributed by atoms with Crippen LogP contribution >= 0.6 is 0 Å². The van der Waals surface area contributed by atoms with Crippen LogP contribution in [0.4, 0.5) is 10.1 Å². The van der Waals surface area contributed by atoms with Gasteiger partial charge in [0.25, 0.3) is 0 Å². The second-order valence-electron chi connectivity index (χ2n) is 4.46. The minimum atomic E-state index is -0.398. The Balaban J connectivity index is 2.39. The average Bonchev–Trinajstić information content (AvgIpc) is 2.94. The number of nitrogens with zero attached hydrogens (tertiary/aromatic N) is 3. The zero-order valence-corrected chi connectivity index (χ0v) is 11.6. The summed E-state index contributed by atoms with van der Waals surface area (Å²) in [6.07, 6.45) is 6.20. The number of hydrogen-bond acceptors (Lipinski definition) is 2. The molecule has 0 fully saturated rings. The molecule has 1 aromatic carbocycles. The van der Waals surface area contributed by atoms with Crippen LogP contribution in [0.2, 0.25) is 0 Å². The van der Waals surface area contributed by atoms with Crippen molar-refractivity contribution in [3.63, 3.8) is 0 Å². The first-order valence-corrected chi connectivity index (χ1v) is 6.26. The van der Waals surface area contributed by atoms with Gasteiger partial charge in [0.1, 0.15) is 25.3 Å². The highest BCUT2D eigenvalue weighted by molar-refractivity contribution is 6.36. The van der Waals surface area contributed by atoms with Gasteiger partial charge in [-0.25, -0.2) is 14.4 Å². The van der Waals surface area contributed by atoms with E-state index in [1.165, 1.54) is 12.1 Å². The first-order chi connectivity index (χ1) is 9.52. The number of aliphatic imine (C=N–C) groups is 2. The molecule has 0 aromatic heterocycles. The largest absolute Gasteiger partial charge is 0.318 e. The van der Waals surface area contributed by atoms with Crippen molar-refractivity contribution in [1.82, 2.24) is 4.90 Å². The van der Waals surface area contributed by atoms with Gasteiger partial charge in [-0.15, -0.1) is 0 Å². The van der Waals surface area contributed by atoms with Crippen LogP contribution in [-0.2, 0) is 0 Å². The quantitative estimate of drug-likeness (QED) is 0.470. The summed E-state index contributed by atoms with van der Waals surface area (Å²) in [4.78, 5) is 10.6. The molecule has 2 radical (unpaired) electrons. The second-order valence-corrected chi connectivity index (χ2v) is 4.46. The van der Waals surface area contributed by atoms with Crippen LogP contribution in [-0.4, -0.2) is 31.8 Å². The van der Waals surface area contributed by atoms with Crippen molar-refractivity contribution in [2.75, 3.05) is 7.05 Å². The summed E-state index contributed by atoms with van der Waals surface area (Å²) in [5.41, 5.74) is 1.38. The highest BCUT2D eigenvalue weighted by Crippen LogP contribution is 2.20. The molecule has 0 N–H and O–H groups in total. The van der Waals surface area contributed by atoms with E-state index in [9.17, 15) is 4.39 Å². The SMILES string of the molecule is [B]c1cc(F)cc(C=C)c1N=C(C)N(C)C1=CCC=N1. The summed E-state index contributed by atoms with van der Waals surface area (Å²) < 4.78 is 13.3. The van der Waals surface area contributed by atoms with Gasteiger partial charge in [0.05, 0.1) is 5.69 Å². The lowest BCUT2D eigenvalue weighted by molar-refractivity contribution is 0.616. The van der Waals surface area contributed by atoms with Gasteiger partial charge in [-0.3, -0.25) is 0 Å². The maximum Gasteiger partial charge on any atom is 0.129 e. The summed E-state index contributed by atoms with van der Waals surface area (Å²) >= 11 is 0. The molecule has 2 rings (SSSR count). The fourth-order valence-electron chi connectivity index (χ4n) is 1.91. The lowest BCUT2D eigenvalue weighted by Crippen LogP contribution is -2.22. The lowest BCUT2D eigenvalue weighted by atomic mass is 9.91. The number of benzene rings is 1. The molecule has 100 valence electrons. The highest BCUT2D eigenvalue weighted by Gasteiger charge is 2.11. The highest BCUT2D eigenvalue weighted by atomic mass is 19.1. The third-order valence-electron chi connectivity index (χ3n) is 3.09. The van der Waals surface area contributed by atoms with Crippen LogP contribution in [0, 0.1) is 5.82 Å². The topological polar surface area (TPSA) is 28.0 Å². The van der Waals surface area contributed by atoms with E-state index in [1.54, 1.807) is 6.08 Å². The van der Waals surface area contributed by atoms with E-state index in [1.807, 2.05) is 31.2 Å². The minimum absolute atomic E-state index is 0.288. The van der Waals surface area contributed by atoms with Crippen molar-refractivity contribution >= 4 is 37.1 Å². The van der Waals surface area contributed by atoms with Gasteiger partial charge in [-0.05, 0) is 25.1 Å². The van der Waals surface area contributed by atoms with Gasteiger partial charge < -0.3 is 4.90 Å². The van der Waals surface area contributed by atoms with Crippen molar-refractivity contribution < 1.29 is 4.39 Å². The number of halogens is 1. The van der Waals surface area contributed by atoms with E-state index in [2.05, 4.69) is 16.6 Å². The average molecular weight is 267 g/mol. The van der Waals surface area contributed by atoms with E-state index in [0.29, 0.717) is 11.3 Å². The molecule has 1 aliphatic heterocycles. The third-order valence-corrected chi connectivity index (χ3v) is 3.09. The molecule has 0 bridgehead atoms. The predicted octanol–water partition coefficient (Wildman–Crippen LogP) is 2.56. The van der Waals surface area contributed by atoms with Crippen molar-refractivity contribution in [2.24, 2.45) is 9.98 Å². The molecule has 5 heteroatoms. The second kappa shape index (κ2) is 5.86. The smallest absolute Gasteiger partial charge is 0.129 e. The lowest BCUT2D eigenvalue weighted by Gasteiger charge is -2.18. The zero-order valence-electron chi connectivity index (χ0n) is 11.6. The number of hydrogen-bond donors (Lipinski definition) is 0. The minimum Gasteiger partial charge on any atom is -0.318 e. The molecule has 0 saturated carbocycles. The predicted molar refractivity (Wildman–Crippen MR) is 83.6 cm³/mol. The Morgan fingerprint density at radius 1 is 1.55 bits per heavy atom. The van der Waals surface area contributed by atoms with Gasteiger partial charge in [-0.1, -0.05) is 18.1 Å². The number of rotatable bonds is 3. The Morgan fingerprint density at radius 2 is 2.30 bits per heavy atom. The fraction of sp³-hybridized carbons (Fsp3) is 0.200. The monoisotopic (exact) mass is 267 g/mol. The summed E-state index contributed by atoms with van der Waals surface area (Å²) in [6, 6.07) is 2.62. The maximum atomic E-state index is 13.3. The van der Waals surface area contributed by atoms with Crippen molar-refractivity contribution in [2.45, 2.75) is 13.3 Å². The van der Waals surface area contributed by atoms with Gasteiger partial charge >= 0.3 is 0 Å². The first kappa shape index (κ1) is 14.2. The molecule has 1 aromatic rings. The van der Waals surface area contributed by atoms with E-state index in [0.717, 1.165) is 18.1 Å². The Morgan fingerprint density at radius 3 is 2.90 bits per heavy atom. The van der Waals surface area contributed by atoms with E-state index < -0.39 is 5.82 Å². The molecular formula is C15H15BFN3. The Labute approximate surface area is 119 Å². The molecule has 1 aliphatic rings. The molecule has 3 nitrogen and oxygen atoms in total. The molecule has 0 unspecified atom stereocenters. The van der Waals surface area contributed by atoms with Crippen LogP contribution in [0.5, 0.6) is 0 Å². The van der Waals surface area contributed by atoms with Gasteiger partial charge in [0.2, 0.25) is 0 Å². The summed E-state index contributed by atoms with van der Waals surface area (Å²) in [7, 11) is 7.72. The molecular weight excluding hydrogens is 252 g/mol. The van der Waals surface area contributed by atoms with Crippen LogP contribution < -0.4 is 5.46 Å². The van der Waals surface area contributed by atoms with Crippen LogP contribution in [0.25, 0.3) is 6.08 Å². The van der Waals surface area contributed by atoms with Crippen LogP contribution in [0.1, 0.15) is 18.9 Å². The molecule has 0 spiro atoms. The van der Waals surface area contributed by atoms with Crippen molar-refractivity contribution in [3.05, 3.63) is 42.0 Å². The first-order valence-electron chi connectivity index (χ1n) is 6.26. The Hall–Kier alpha value is -2.17. The summed E-state index contributed by atoms with van der Waals surface area (Å²) in [5.74, 6) is 1.16. The van der Waals surface area contributed by atoms with Crippen molar-refractivity contribution in [3.8, 4) is 0 Å². The van der Waals surface area contributed by atoms with E-state index >= 15 is 0 Å². The van der Waals surface area contributed by atoms with Crippen molar-refractivity contribution in [1.29, 1.82) is 0 Å². The van der Waals surface area contributed by atoms with Gasteiger partial charge in [0, 0.05) is 25.2 Å². The molecule has 0 amide bonds. The molecule has 0 saturated heterocycles. The molecule has 1 heterocycles. The van der Waals surface area contributed by atoms with Gasteiger partial charge in [0.15, 0.2) is 0 Å². The zero-order chi connectivity index (χ0) is 14.7. The maximum absolute atomic E-state index is 13.3. The summed E-state index contributed by atoms with van der Waals surface area (Å²) in [5, 5.41) is 0. The Kier molecular flexibility index (Phi) is 4.18. The summed E-state index contributed by atoms with van der Waals surface area (Å²) in [6.45, 7) is 5.51. The number of amidine groups is 1. The molecule has 0 atom stereocenters. The van der Waals surface area contributed by atoms with E-state index in [-0.39, 0.29) is 5.46 Å². The normalized spacial score (nSPS) is 14.3. The van der Waals surface area contributed by atoms with Crippen LogP contribution in [0.15, 0.2) is 40.6 Å². The van der Waals surface area contributed by atoms with Crippen LogP contribution in [0.3, 0.4) is 0 Å². The van der Waals surface area contributed by atoms with Gasteiger partial charge in [-0.2, -0.15) is 0 Å². The third kappa shape index (κ3) is 2.87. The molecule has 0 aliphatic carbocycles. The van der Waals surface area contributed by atoms with E-state index in [4.69, 9.17) is 7.85 Å².